The van der Waals surface area contributed by atoms with E-state index in [1.54, 1.807) is 0 Å². The Kier molecular flexibility index (Phi) is 8.09. The van der Waals surface area contributed by atoms with Crippen molar-refractivity contribution in [3.63, 3.8) is 0 Å². The second-order valence-electron chi connectivity index (χ2n) is 8.44. The van der Waals surface area contributed by atoms with Gasteiger partial charge < -0.3 is 19.7 Å². The lowest BCUT2D eigenvalue weighted by Gasteiger charge is -2.38. The minimum absolute atomic E-state index is 0.0263. The Hall–Kier alpha value is -2.14. The second-order valence-corrected chi connectivity index (χ2v) is 8.44. The Morgan fingerprint density at radius 2 is 1.87 bits per heavy atom. The number of likely N-dealkylation sites (tertiary alicyclic amines) is 1. The van der Waals surface area contributed by atoms with E-state index in [1.807, 2.05) is 27.7 Å². The molecular weight excluding hydrogens is 419 g/mol. The van der Waals surface area contributed by atoms with Crippen LogP contribution in [0.4, 0.5) is 13.2 Å². The number of carbonyl (C=O) groups is 2. The van der Waals surface area contributed by atoms with Crippen molar-refractivity contribution in [1.82, 2.24) is 15.4 Å². The average Bonchev–Trinajstić information content (AvgIpc) is 3.21. The Morgan fingerprint density at radius 1 is 1.29 bits per heavy atom. The number of hydrogen-bond acceptors (Lipinski definition) is 6. The Labute approximate surface area is 179 Å². The maximum atomic E-state index is 11.9. The van der Waals surface area contributed by atoms with E-state index in [1.165, 1.54) is 5.56 Å². The molecule has 0 bridgehead atoms. The fourth-order valence-corrected chi connectivity index (χ4v) is 3.72. The fourth-order valence-electron chi connectivity index (χ4n) is 3.72. The lowest BCUT2D eigenvalue weighted by molar-refractivity contribution is -0.192. The normalized spacial score (nSPS) is 21.1. The molecule has 2 saturated heterocycles. The van der Waals surface area contributed by atoms with Gasteiger partial charge in [-0.25, -0.2) is 4.79 Å². The number of aryl methyl sites for hydroxylation is 2. The first-order valence-corrected chi connectivity index (χ1v) is 10.2. The molecule has 2 aliphatic heterocycles. The summed E-state index contributed by atoms with van der Waals surface area (Å²) in [5.41, 5.74) is 2.14. The van der Waals surface area contributed by atoms with Gasteiger partial charge in [0.1, 0.15) is 5.76 Å². The molecule has 1 atom stereocenters. The van der Waals surface area contributed by atoms with E-state index in [0.29, 0.717) is 6.61 Å². The third-order valence-electron chi connectivity index (χ3n) is 5.65. The van der Waals surface area contributed by atoms with Crippen LogP contribution in [0.25, 0.3) is 0 Å². The van der Waals surface area contributed by atoms with Gasteiger partial charge in [-0.15, -0.1) is 0 Å². The first kappa shape index (κ1) is 25.1. The van der Waals surface area contributed by atoms with Gasteiger partial charge >= 0.3 is 12.1 Å². The molecule has 1 unspecified atom stereocenters. The number of piperidine rings is 1. The zero-order valence-electron chi connectivity index (χ0n) is 18.2. The predicted molar refractivity (Wildman–Crippen MR) is 104 cm³/mol. The number of nitrogens with zero attached hydrogens (tertiary/aromatic N) is 2. The second kappa shape index (κ2) is 9.99. The summed E-state index contributed by atoms with van der Waals surface area (Å²) >= 11 is 0. The van der Waals surface area contributed by atoms with E-state index < -0.39 is 12.1 Å². The van der Waals surface area contributed by atoms with E-state index in [0.717, 1.165) is 50.4 Å². The molecule has 176 valence electrons. The van der Waals surface area contributed by atoms with Crippen molar-refractivity contribution in [3.05, 3.63) is 17.0 Å². The molecule has 2 N–H and O–H groups in total. The minimum atomic E-state index is -5.08. The van der Waals surface area contributed by atoms with Crippen LogP contribution in [0.5, 0.6) is 0 Å². The minimum Gasteiger partial charge on any atom is -0.475 e. The van der Waals surface area contributed by atoms with E-state index in [-0.39, 0.29) is 23.5 Å². The summed E-state index contributed by atoms with van der Waals surface area (Å²) in [4.78, 5) is 23.2. The maximum absolute atomic E-state index is 11.9. The molecule has 1 amide bonds. The molecule has 1 spiro atoms. The summed E-state index contributed by atoms with van der Waals surface area (Å²) < 4.78 is 43.1. The number of carbonyl (C=O) groups excluding carboxylic acids is 1. The van der Waals surface area contributed by atoms with Gasteiger partial charge in [-0.05, 0) is 33.1 Å². The number of carboxylic acid groups (broad SMARTS) is 1. The third kappa shape index (κ3) is 6.93. The summed E-state index contributed by atoms with van der Waals surface area (Å²) in [5.74, 6) is -1.69. The molecule has 8 nitrogen and oxygen atoms in total. The predicted octanol–water partition coefficient (Wildman–Crippen LogP) is 2.82. The van der Waals surface area contributed by atoms with Crippen molar-refractivity contribution in [3.8, 4) is 0 Å². The zero-order valence-corrected chi connectivity index (χ0v) is 18.2. The quantitative estimate of drug-likeness (QED) is 0.728. The molecule has 0 saturated carbocycles. The van der Waals surface area contributed by atoms with Gasteiger partial charge in [0.25, 0.3) is 0 Å². The number of aliphatic carboxylic acids is 1. The highest BCUT2D eigenvalue weighted by atomic mass is 19.4. The molecule has 3 heterocycles. The van der Waals surface area contributed by atoms with E-state index in [4.69, 9.17) is 19.2 Å². The van der Waals surface area contributed by atoms with E-state index >= 15 is 0 Å². The number of rotatable bonds is 4. The number of alkyl halides is 3. The molecule has 1 aromatic rings. The van der Waals surface area contributed by atoms with Crippen LogP contribution in [-0.2, 0) is 20.9 Å². The number of hydrogen-bond donors (Lipinski definition) is 2. The molecule has 0 aliphatic carbocycles. The van der Waals surface area contributed by atoms with Gasteiger partial charge in [0, 0.05) is 31.1 Å². The number of aromatic nitrogens is 1. The lowest BCUT2D eigenvalue weighted by Crippen LogP contribution is -2.45. The number of carboxylic acids is 1. The number of ether oxygens (including phenoxy) is 1. The number of nitrogens with one attached hydrogen (secondary N) is 1. The van der Waals surface area contributed by atoms with Crippen LogP contribution in [-0.4, -0.2) is 64.6 Å². The van der Waals surface area contributed by atoms with Gasteiger partial charge in [-0.3, -0.25) is 9.69 Å². The van der Waals surface area contributed by atoms with Gasteiger partial charge in [0.15, 0.2) is 0 Å². The van der Waals surface area contributed by atoms with Crippen molar-refractivity contribution < 1.29 is 37.1 Å². The van der Waals surface area contributed by atoms with Crippen LogP contribution in [0.1, 0.15) is 50.1 Å². The topological polar surface area (TPSA) is 105 Å². The van der Waals surface area contributed by atoms with E-state index in [9.17, 15) is 18.0 Å². The summed E-state index contributed by atoms with van der Waals surface area (Å²) in [6, 6.07) is 0.161. The first-order chi connectivity index (χ1) is 14.3. The average molecular weight is 449 g/mol. The Morgan fingerprint density at radius 3 is 2.32 bits per heavy atom. The molecule has 1 aromatic heterocycles. The highest BCUT2D eigenvalue weighted by Gasteiger charge is 2.43. The first-order valence-electron chi connectivity index (χ1n) is 10.2. The van der Waals surface area contributed by atoms with Crippen molar-refractivity contribution in [1.29, 1.82) is 0 Å². The lowest BCUT2D eigenvalue weighted by atomic mass is 9.87. The molecule has 0 aromatic carbocycles. The van der Waals surface area contributed by atoms with Crippen LogP contribution in [0.2, 0.25) is 0 Å². The van der Waals surface area contributed by atoms with Gasteiger partial charge in [0.05, 0.1) is 23.9 Å². The fraction of sp³-hybridized carbons (Fsp3) is 0.750. The van der Waals surface area contributed by atoms with Crippen LogP contribution < -0.4 is 5.32 Å². The highest BCUT2D eigenvalue weighted by molar-refractivity contribution is 5.78. The molecular formula is C20H30F3N3O5. The molecule has 11 heteroatoms. The Bertz CT molecular complexity index is 751. The number of halogens is 3. The monoisotopic (exact) mass is 449 g/mol. The van der Waals surface area contributed by atoms with Gasteiger partial charge in [-0.2, -0.15) is 13.2 Å². The smallest absolute Gasteiger partial charge is 0.475 e. The van der Waals surface area contributed by atoms with Crippen molar-refractivity contribution in [2.45, 2.75) is 71.3 Å². The summed E-state index contributed by atoms with van der Waals surface area (Å²) in [7, 11) is 0. The molecule has 2 fully saturated rings. The third-order valence-corrected chi connectivity index (χ3v) is 5.65. The van der Waals surface area contributed by atoms with Crippen LogP contribution in [0, 0.1) is 19.8 Å². The maximum Gasteiger partial charge on any atom is 0.490 e. The number of amides is 1. The molecule has 0 radical (unpaired) electrons. The van der Waals surface area contributed by atoms with Crippen molar-refractivity contribution in [2.24, 2.45) is 5.92 Å². The Balaban J connectivity index is 0.000000423. The molecule has 3 rings (SSSR count). The van der Waals surface area contributed by atoms with Gasteiger partial charge in [0.2, 0.25) is 5.91 Å². The molecule has 2 aliphatic rings. The SMILES string of the molecule is Cc1noc(C)c1CN1CCC2(CC1)CC(NC(=O)C(C)C)CO2.O=C(O)C(F)(F)F. The van der Waals surface area contributed by atoms with E-state index in [2.05, 4.69) is 15.4 Å². The van der Waals surface area contributed by atoms with Crippen molar-refractivity contribution in [2.75, 3.05) is 19.7 Å². The van der Waals surface area contributed by atoms with Crippen LogP contribution in [0.15, 0.2) is 4.52 Å². The van der Waals surface area contributed by atoms with Crippen LogP contribution >= 0.6 is 0 Å². The summed E-state index contributed by atoms with van der Waals surface area (Å²) in [6.45, 7) is 11.4. The zero-order chi connectivity index (χ0) is 23.4. The highest BCUT2D eigenvalue weighted by Crippen LogP contribution is 2.36. The van der Waals surface area contributed by atoms with Crippen molar-refractivity contribution >= 4 is 11.9 Å². The molecule has 31 heavy (non-hydrogen) atoms. The summed E-state index contributed by atoms with van der Waals surface area (Å²) in [5, 5.41) is 14.3. The van der Waals surface area contributed by atoms with Crippen LogP contribution in [0.3, 0.4) is 0 Å². The largest absolute Gasteiger partial charge is 0.490 e. The standard InChI is InChI=1S/C18H29N3O3.C2HF3O2/c1-12(2)17(22)19-15-9-18(23-11-15)5-7-21(8-6-18)10-16-13(3)20-24-14(16)4;3-2(4,5)1(6)7/h12,15H,5-11H2,1-4H3,(H,19,22);(H,6,7). The summed E-state index contributed by atoms with van der Waals surface area (Å²) in [6.07, 6.45) is -2.11. The van der Waals surface area contributed by atoms with Gasteiger partial charge in [-0.1, -0.05) is 19.0 Å².